The summed E-state index contributed by atoms with van der Waals surface area (Å²) in [4.78, 5) is 143. The average Bonchev–Trinajstić information content (AvgIpc) is 1.48. The first-order chi connectivity index (χ1) is 53.6. The number of hydrogen-bond acceptors (Lipinski definition) is 21. The quantitative estimate of drug-likeness (QED) is 0.0793. The van der Waals surface area contributed by atoms with E-state index in [1.165, 1.54) is 55.2 Å². The number of ketones is 8. The van der Waals surface area contributed by atoms with Gasteiger partial charge in [0.15, 0.2) is 72.5 Å². The molecule has 114 heavy (non-hydrogen) atoms. The fourth-order valence-electron chi connectivity index (χ4n) is 27.0. The van der Waals surface area contributed by atoms with E-state index in [4.69, 9.17) is 33.2 Å². The first-order valence-corrected chi connectivity index (χ1v) is 41.0. The van der Waals surface area contributed by atoms with E-state index in [1.54, 1.807) is 43.4 Å². The van der Waals surface area contributed by atoms with Crippen LogP contribution in [0.1, 0.15) is 179 Å². The normalized spacial score (nSPS) is 44.9. The Morgan fingerprint density at radius 1 is 0.447 bits per heavy atom. The van der Waals surface area contributed by atoms with Crippen LogP contribution in [0.3, 0.4) is 0 Å². The van der Waals surface area contributed by atoms with Gasteiger partial charge in [0.05, 0.1) is 24.4 Å². The molecule has 16 aliphatic carbocycles. The summed E-state index contributed by atoms with van der Waals surface area (Å²) < 4.78 is 54.3. The standard InChI is InChI=1S/C23H27FO7.2C23H26O5.C23H26O4/c1-11(25)30-10-18(28)22(29)17(27)8-13-14-7-16(24)15-6-12(26)4-5-20(15,2)23(14)19(31-23)9-21(13,22)3;2*1-13(24)27-12-19(26)18-7-6-16-17-5-4-14-10-15(25)8-9-22(14,3)23(17)20(28-23)11-21(16,18)2;1-14(24)27-13-21(26)20-7-6-18-17-5-4-15-12-16(25)8-10-22(15,2)19(17)9-11-23(18,20)3/h4-6,13-14,16-17,19,27,29H,7-10H2,1-3H3;2*7-10,16-17,20H,4-6,11-12H2,1-3H3;7-10,12,17-18H,4-6,11,13H2,1-3H3/t13?,14?,16-,17+,19?,20-,21-,22-,23?;2*16?,17?,20?,21-,22-,23?;17?,18?,22-,23-/m0000/s1. The lowest BCUT2D eigenvalue weighted by molar-refractivity contribution is -0.178. The number of esters is 4. The summed E-state index contributed by atoms with van der Waals surface area (Å²) in [6.07, 6.45) is 38.1. The largest absolute Gasteiger partial charge is 0.458 e. The lowest BCUT2D eigenvalue weighted by Gasteiger charge is -2.56. The van der Waals surface area contributed by atoms with E-state index >= 15 is 4.39 Å². The molecule has 25 atom stereocenters. The van der Waals surface area contributed by atoms with Crippen LogP contribution in [0.4, 0.5) is 4.39 Å². The predicted molar refractivity (Wildman–Crippen MR) is 409 cm³/mol. The Morgan fingerprint density at radius 3 is 1.33 bits per heavy atom. The lowest BCUT2D eigenvalue weighted by Crippen LogP contribution is -2.64. The van der Waals surface area contributed by atoms with Gasteiger partial charge in [-0.2, -0.15) is 0 Å². The molecular weight excluding hydrogens is 1460 g/mol. The van der Waals surface area contributed by atoms with Crippen LogP contribution in [0.25, 0.3) is 0 Å². The molecule has 19 aliphatic rings. The highest BCUT2D eigenvalue weighted by atomic mass is 19.1. The molecule has 3 saturated heterocycles. The first kappa shape index (κ1) is 79.7. The molecule has 19 rings (SSSR count). The zero-order chi connectivity index (χ0) is 81.8. The molecule has 606 valence electrons. The number of alkyl halides is 1. The average molecular weight is 1570 g/mol. The minimum absolute atomic E-state index is 0.0704. The van der Waals surface area contributed by atoms with Crippen molar-refractivity contribution in [3.8, 4) is 0 Å². The van der Waals surface area contributed by atoms with Crippen LogP contribution >= 0.6 is 0 Å². The maximum atomic E-state index is 15.4. The molecule has 0 radical (unpaired) electrons. The second-order valence-corrected chi connectivity index (χ2v) is 37.8. The summed E-state index contributed by atoms with van der Waals surface area (Å²) in [6.45, 7) is 20.8. The van der Waals surface area contributed by atoms with Gasteiger partial charge in [-0.15, -0.1) is 0 Å². The molecular formula is C92H105FO21. The number of allylic oxidation sites excluding steroid dienone is 15. The lowest BCUT2D eigenvalue weighted by atomic mass is 9.46. The van der Waals surface area contributed by atoms with Crippen LogP contribution in [0.15, 0.2) is 142 Å². The van der Waals surface area contributed by atoms with Gasteiger partial charge in [-0.05, 0) is 226 Å². The zero-order valence-electron chi connectivity index (χ0n) is 67.2. The number of carbonyl (C=O) groups is 12. The second kappa shape index (κ2) is 26.9. The van der Waals surface area contributed by atoms with Crippen molar-refractivity contribution in [3.63, 3.8) is 0 Å². The van der Waals surface area contributed by atoms with Crippen molar-refractivity contribution in [2.45, 2.75) is 232 Å². The van der Waals surface area contributed by atoms with Gasteiger partial charge in [-0.1, -0.05) is 98.6 Å². The molecule has 0 aromatic carbocycles. The fraction of sp³-hybridized carbons (Fsp3) is 0.609. The monoisotopic (exact) mass is 1560 g/mol. The number of epoxide rings is 3. The van der Waals surface area contributed by atoms with Gasteiger partial charge < -0.3 is 43.4 Å². The molecule has 0 amide bonds. The van der Waals surface area contributed by atoms with E-state index in [9.17, 15) is 67.7 Å². The molecule has 0 bridgehead atoms. The summed E-state index contributed by atoms with van der Waals surface area (Å²) >= 11 is 0. The van der Waals surface area contributed by atoms with E-state index in [0.717, 1.165) is 101 Å². The van der Waals surface area contributed by atoms with Crippen LogP contribution in [-0.2, 0) is 90.7 Å². The molecule has 0 aromatic rings. The van der Waals surface area contributed by atoms with Crippen LogP contribution in [-0.4, -0.2) is 160 Å². The van der Waals surface area contributed by atoms with Crippen molar-refractivity contribution in [2.75, 3.05) is 26.4 Å². The van der Waals surface area contributed by atoms with Gasteiger partial charge in [-0.25, -0.2) is 4.39 Å². The molecule has 0 aromatic heterocycles. The predicted octanol–water partition coefficient (Wildman–Crippen LogP) is 11.3. The van der Waals surface area contributed by atoms with Crippen molar-refractivity contribution in [3.05, 3.63) is 142 Å². The van der Waals surface area contributed by atoms with Gasteiger partial charge in [-0.3, -0.25) is 57.5 Å². The molecule has 2 N–H and O–H groups in total. The number of Topliss-reactive ketones (excluding diaryl/α,β-unsaturated/α-hetero) is 4. The maximum Gasteiger partial charge on any atom is 0.303 e. The van der Waals surface area contributed by atoms with Crippen molar-refractivity contribution >= 4 is 70.1 Å². The highest BCUT2D eigenvalue weighted by Crippen LogP contribution is 2.79. The summed E-state index contributed by atoms with van der Waals surface area (Å²) in [5, 5.41) is 22.4. The highest BCUT2D eigenvalue weighted by Gasteiger charge is 2.85. The van der Waals surface area contributed by atoms with Gasteiger partial charge >= 0.3 is 23.9 Å². The Hall–Kier alpha value is -8.15. The molecule has 21 nitrogen and oxygen atoms in total. The van der Waals surface area contributed by atoms with Crippen molar-refractivity contribution in [1.29, 1.82) is 0 Å². The van der Waals surface area contributed by atoms with Gasteiger partial charge in [0.1, 0.15) is 23.0 Å². The summed E-state index contributed by atoms with van der Waals surface area (Å²) in [5.74, 6) is -1.49. The molecule has 3 heterocycles. The number of rotatable bonds is 12. The third-order valence-electron chi connectivity index (χ3n) is 32.7. The van der Waals surface area contributed by atoms with E-state index in [0.29, 0.717) is 47.5 Å². The second-order valence-electron chi connectivity index (χ2n) is 37.8. The Bertz CT molecular complexity index is 4630. The number of hydrogen-bond donors (Lipinski definition) is 2. The summed E-state index contributed by atoms with van der Waals surface area (Å²) in [6, 6.07) is 0. The Balaban J connectivity index is 0.000000115. The summed E-state index contributed by atoms with van der Waals surface area (Å²) in [5.41, 5.74) is 1.36. The number of fused-ring (bicyclic) bond motifs is 14. The topological polar surface area (TPSA) is 320 Å². The Labute approximate surface area is 663 Å². The minimum Gasteiger partial charge on any atom is -0.458 e. The molecule has 11 fully saturated rings. The van der Waals surface area contributed by atoms with E-state index in [1.807, 2.05) is 13.0 Å². The van der Waals surface area contributed by atoms with E-state index < -0.39 is 70.6 Å². The van der Waals surface area contributed by atoms with E-state index in [2.05, 4.69) is 84.1 Å². The van der Waals surface area contributed by atoms with Crippen molar-refractivity contribution in [2.24, 2.45) is 90.7 Å². The number of aliphatic hydroxyl groups is 2. The summed E-state index contributed by atoms with van der Waals surface area (Å²) in [7, 11) is 0. The minimum atomic E-state index is -2.12. The molecule has 14 unspecified atom stereocenters. The maximum absolute atomic E-state index is 15.4. The molecule has 3 aliphatic heterocycles. The number of halogens is 1. The number of aliphatic hydroxyl groups excluding tert-OH is 1. The molecule has 22 heteroatoms. The fourth-order valence-corrected chi connectivity index (χ4v) is 27.0. The van der Waals surface area contributed by atoms with Crippen LogP contribution in [0.5, 0.6) is 0 Å². The van der Waals surface area contributed by atoms with Gasteiger partial charge in [0.2, 0.25) is 5.78 Å². The van der Waals surface area contributed by atoms with Gasteiger partial charge in [0.25, 0.3) is 0 Å². The third-order valence-corrected chi connectivity index (χ3v) is 32.7. The van der Waals surface area contributed by atoms with Crippen molar-refractivity contribution in [1.82, 2.24) is 0 Å². The van der Waals surface area contributed by atoms with Crippen LogP contribution in [0, 0.1) is 90.7 Å². The third kappa shape index (κ3) is 11.3. The molecule has 8 saturated carbocycles. The highest BCUT2D eigenvalue weighted by molar-refractivity contribution is 6.05. The van der Waals surface area contributed by atoms with Gasteiger partial charge in [0, 0.05) is 87.7 Å². The molecule has 3 spiro atoms. The SMILES string of the molecule is CC(=O)OCC(=O)C1=CCC2C3CCC4=CC(=O)C=C[C@]4(C)C34OC4C[C@]12C.CC(=O)OCC(=O)C1=CCC2C3CCC4=CC(=O)C=C[C@]4(C)C34OC4C[C@]12C.CC(=O)OCC(=O)C1=CCC2C3CCC4=CC(=O)C=C[C@]4(C)C3=CC[C@]12C.CC(=O)OCC(=O)[C@@]1(O)[C@H](O)CC2C3C[C@H](F)C4=CC(=O)C=C[C@]4(C)C34OC4C[C@@]21C. The van der Waals surface area contributed by atoms with Crippen LogP contribution < -0.4 is 0 Å². The van der Waals surface area contributed by atoms with Crippen molar-refractivity contribution < 1.29 is 105 Å². The first-order valence-electron chi connectivity index (χ1n) is 41.0. The Kier molecular flexibility index (Phi) is 18.8. The Morgan fingerprint density at radius 2 is 0.851 bits per heavy atom. The number of carbonyl (C=O) groups excluding carboxylic acids is 12. The van der Waals surface area contributed by atoms with E-state index in [-0.39, 0.29) is 147 Å². The number of ether oxygens (including phenoxy) is 7. The van der Waals surface area contributed by atoms with Crippen LogP contribution in [0.2, 0.25) is 0 Å². The smallest absolute Gasteiger partial charge is 0.303 e. The zero-order valence-corrected chi connectivity index (χ0v) is 67.2.